The Bertz CT molecular complexity index is 815. The Hall–Kier alpha value is -2.29. The first-order valence-electron chi connectivity index (χ1n) is 7.93. The van der Waals surface area contributed by atoms with Crippen molar-refractivity contribution in [3.63, 3.8) is 0 Å². The van der Waals surface area contributed by atoms with Crippen molar-refractivity contribution in [3.8, 4) is 5.75 Å². The summed E-state index contributed by atoms with van der Waals surface area (Å²) in [5, 5.41) is 5.46. The summed E-state index contributed by atoms with van der Waals surface area (Å²) < 4.78 is 11.4. The highest BCUT2D eigenvalue weighted by atomic mass is 127. The molecule has 0 spiro atoms. The highest BCUT2D eigenvalue weighted by molar-refractivity contribution is 14.1. The number of carbonyl (C=O) groups is 2. The molecule has 26 heavy (non-hydrogen) atoms. The maximum atomic E-state index is 12.5. The molecular formula is C19H21IN2O4. The summed E-state index contributed by atoms with van der Waals surface area (Å²) in [5.41, 5.74) is 0.891. The molecule has 0 aliphatic heterocycles. The molecule has 2 aromatic carbocycles. The monoisotopic (exact) mass is 468 g/mol. The zero-order valence-corrected chi connectivity index (χ0v) is 17.2. The summed E-state index contributed by atoms with van der Waals surface area (Å²) in [4.78, 5) is 24.5. The zero-order chi connectivity index (χ0) is 19.3. The van der Waals surface area contributed by atoms with Gasteiger partial charge in [0.1, 0.15) is 11.4 Å². The van der Waals surface area contributed by atoms with Gasteiger partial charge in [0.2, 0.25) is 0 Å². The maximum Gasteiger partial charge on any atom is 0.412 e. The summed E-state index contributed by atoms with van der Waals surface area (Å²) in [5.74, 6) is 0.228. The van der Waals surface area contributed by atoms with Crippen LogP contribution >= 0.6 is 22.6 Å². The first kappa shape index (κ1) is 20.0. The number of anilines is 2. The largest absolute Gasteiger partial charge is 0.495 e. The van der Waals surface area contributed by atoms with Gasteiger partial charge in [0.15, 0.2) is 0 Å². The van der Waals surface area contributed by atoms with Crippen molar-refractivity contribution in [1.82, 2.24) is 0 Å². The van der Waals surface area contributed by atoms with Crippen LogP contribution in [0.1, 0.15) is 31.1 Å². The van der Waals surface area contributed by atoms with E-state index in [1.54, 1.807) is 51.1 Å². The molecule has 6 nitrogen and oxygen atoms in total. The predicted octanol–water partition coefficient (Wildman–Crippen LogP) is 4.90. The third-order valence-electron chi connectivity index (χ3n) is 3.21. The highest BCUT2D eigenvalue weighted by Gasteiger charge is 2.18. The summed E-state index contributed by atoms with van der Waals surface area (Å²) in [7, 11) is 1.50. The molecule has 0 fully saturated rings. The molecule has 0 unspecified atom stereocenters. The van der Waals surface area contributed by atoms with Crippen LogP contribution in [0.25, 0.3) is 0 Å². The Morgan fingerprint density at radius 3 is 2.35 bits per heavy atom. The van der Waals surface area contributed by atoms with Gasteiger partial charge in [0.25, 0.3) is 5.91 Å². The summed E-state index contributed by atoms with van der Waals surface area (Å²) in [6.07, 6.45) is -0.600. The molecule has 138 valence electrons. The fraction of sp³-hybridized carbons (Fsp3) is 0.263. The molecule has 2 N–H and O–H groups in total. The predicted molar refractivity (Wildman–Crippen MR) is 110 cm³/mol. The minimum atomic E-state index is -0.618. The second kappa shape index (κ2) is 8.39. The first-order chi connectivity index (χ1) is 12.2. The van der Waals surface area contributed by atoms with E-state index in [-0.39, 0.29) is 5.91 Å². The number of halogens is 1. The Kier molecular flexibility index (Phi) is 6.47. The molecule has 0 aliphatic rings. The number of hydrogen-bond acceptors (Lipinski definition) is 4. The third-order valence-corrected chi connectivity index (χ3v) is 4.15. The number of ether oxygens (including phenoxy) is 2. The molecule has 0 atom stereocenters. The minimum absolute atomic E-state index is 0.233. The molecule has 2 amide bonds. The Labute approximate surface area is 166 Å². The molecule has 2 aromatic rings. The molecule has 0 aromatic heterocycles. The normalized spacial score (nSPS) is 10.8. The standard InChI is InChI=1S/C19H21IN2O4/c1-19(2,3)26-18(24)22-15-11-12(9-10-16(15)25-4)21-17(23)13-7-5-6-8-14(13)20/h5-11H,1-4H3,(H,21,23)(H,22,24). The van der Waals surface area contributed by atoms with Gasteiger partial charge in [0.05, 0.1) is 18.4 Å². The van der Waals surface area contributed by atoms with Gasteiger partial charge in [-0.05, 0) is 73.7 Å². The number of methoxy groups -OCH3 is 1. The van der Waals surface area contributed by atoms with Crippen molar-refractivity contribution in [1.29, 1.82) is 0 Å². The topological polar surface area (TPSA) is 76.7 Å². The molecule has 2 rings (SSSR count). The minimum Gasteiger partial charge on any atom is -0.495 e. The first-order valence-corrected chi connectivity index (χ1v) is 9.01. The van der Waals surface area contributed by atoms with Gasteiger partial charge < -0.3 is 14.8 Å². The van der Waals surface area contributed by atoms with Crippen LogP contribution in [0, 0.1) is 3.57 Å². The number of hydrogen-bond donors (Lipinski definition) is 2. The van der Waals surface area contributed by atoms with Crippen molar-refractivity contribution in [3.05, 3.63) is 51.6 Å². The number of rotatable bonds is 4. The van der Waals surface area contributed by atoms with Crippen LogP contribution in [0.4, 0.5) is 16.2 Å². The van der Waals surface area contributed by atoms with Crippen molar-refractivity contribution in [2.24, 2.45) is 0 Å². The lowest BCUT2D eigenvalue weighted by Crippen LogP contribution is -2.27. The van der Waals surface area contributed by atoms with E-state index in [0.717, 1.165) is 3.57 Å². The van der Waals surface area contributed by atoms with Gasteiger partial charge >= 0.3 is 6.09 Å². The van der Waals surface area contributed by atoms with E-state index in [1.165, 1.54) is 7.11 Å². The quantitative estimate of drug-likeness (QED) is 0.626. The van der Waals surface area contributed by atoms with E-state index in [9.17, 15) is 9.59 Å². The summed E-state index contributed by atoms with van der Waals surface area (Å²) in [6, 6.07) is 12.3. The van der Waals surface area contributed by atoms with E-state index >= 15 is 0 Å². The second-order valence-corrected chi connectivity index (χ2v) is 7.64. The van der Waals surface area contributed by atoms with Crippen molar-refractivity contribution < 1.29 is 19.1 Å². The molecule has 0 aliphatic carbocycles. The van der Waals surface area contributed by atoms with Gasteiger partial charge in [-0.2, -0.15) is 0 Å². The SMILES string of the molecule is COc1ccc(NC(=O)c2ccccc2I)cc1NC(=O)OC(C)(C)C. The van der Waals surface area contributed by atoms with E-state index in [0.29, 0.717) is 22.7 Å². The maximum absolute atomic E-state index is 12.5. The van der Waals surface area contributed by atoms with Crippen LogP contribution in [0.15, 0.2) is 42.5 Å². The molecule has 0 saturated heterocycles. The van der Waals surface area contributed by atoms with Crippen LogP contribution < -0.4 is 15.4 Å². The van der Waals surface area contributed by atoms with Crippen LogP contribution in [0.3, 0.4) is 0 Å². The molecular weight excluding hydrogens is 447 g/mol. The highest BCUT2D eigenvalue weighted by Crippen LogP contribution is 2.29. The number of benzene rings is 2. The molecule has 0 radical (unpaired) electrons. The van der Waals surface area contributed by atoms with E-state index in [4.69, 9.17) is 9.47 Å². The average Bonchev–Trinajstić information content (AvgIpc) is 2.53. The van der Waals surface area contributed by atoms with Crippen LogP contribution in [-0.2, 0) is 4.74 Å². The van der Waals surface area contributed by atoms with Crippen LogP contribution in [-0.4, -0.2) is 24.7 Å². The average molecular weight is 468 g/mol. The van der Waals surface area contributed by atoms with E-state index < -0.39 is 11.7 Å². The number of carbonyl (C=O) groups excluding carboxylic acids is 2. The number of nitrogens with one attached hydrogen (secondary N) is 2. The van der Waals surface area contributed by atoms with Crippen molar-refractivity contribution in [2.75, 3.05) is 17.7 Å². The van der Waals surface area contributed by atoms with Gasteiger partial charge in [0, 0.05) is 9.26 Å². The van der Waals surface area contributed by atoms with Crippen LogP contribution in [0.5, 0.6) is 5.75 Å². The number of amides is 2. The van der Waals surface area contributed by atoms with Gasteiger partial charge in [-0.25, -0.2) is 4.79 Å². The molecule has 0 bridgehead atoms. The Morgan fingerprint density at radius 1 is 1.04 bits per heavy atom. The third kappa shape index (κ3) is 5.62. The summed E-state index contributed by atoms with van der Waals surface area (Å²) in [6.45, 7) is 5.34. The van der Waals surface area contributed by atoms with Crippen molar-refractivity contribution in [2.45, 2.75) is 26.4 Å². The molecule has 0 heterocycles. The van der Waals surface area contributed by atoms with Crippen LogP contribution in [0.2, 0.25) is 0 Å². The second-order valence-electron chi connectivity index (χ2n) is 6.48. The molecule has 7 heteroatoms. The van der Waals surface area contributed by atoms with Gasteiger partial charge in [-0.15, -0.1) is 0 Å². The fourth-order valence-electron chi connectivity index (χ4n) is 2.14. The molecule has 0 saturated carbocycles. The zero-order valence-electron chi connectivity index (χ0n) is 15.1. The van der Waals surface area contributed by atoms with Gasteiger partial charge in [-0.1, -0.05) is 12.1 Å². The van der Waals surface area contributed by atoms with Gasteiger partial charge in [-0.3, -0.25) is 10.1 Å². The van der Waals surface area contributed by atoms with E-state index in [2.05, 4.69) is 33.2 Å². The lowest BCUT2D eigenvalue weighted by molar-refractivity contribution is 0.0635. The lowest BCUT2D eigenvalue weighted by atomic mass is 10.2. The van der Waals surface area contributed by atoms with E-state index in [1.807, 2.05) is 12.1 Å². The fourth-order valence-corrected chi connectivity index (χ4v) is 2.77. The summed E-state index contributed by atoms with van der Waals surface area (Å²) >= 11 is 2.11. The Morgan fingerprint density at radius 2 is 1.73 bits per heavy atom. The smallest absolute Gasteiger partial charge is 0.412 e. The lowest BCUT2D eigenvalue weighted by Gasteiger charge is -2.20. The Balaban J connectivity index is 2.19. The van der Waals surface area contributed by atoms with Crippen molar-refractivity contribution >= 4 is 46.0 Å².